The maximum Gasteiger partial charge on any atom is 0.262 e. The quantitative estimate of drug-likeness (QED) is 0.660. The molecule has 2 heterocycles. The van der Waals surface area contributed by atoms with Crippen LogP contribution in [0.2, 0.25) is 0 Å². The van der Waals surface area contributed by atoms with E-state index in [1.807, 2.05) is 30.3 Å². The Morgan fingerprint density at radius 1 is 1.03 bits per heavy atom. The van der Waals surface area contributed by atoms with E-state index in [1.165, 1.54) is 6.42 Å². The molecule has 7 nitrogen and oxygen atoms in total. The van der Waals surface area contributed by atoms with Gasteiger partial charge >= 0.3 is 0 Å². The standard InChI is InChI=1S/C25H31N3O4/c29-24(18-32-20-8-3-1-4-9-20)27-19-11-12-23(28-13-5-2-6-14-28)22(16-19)25(30)26-17-21-10-7-15-31-21/h1,3-4,8-9,11-12,16,21H,2,5-7,10,13-15,17-18H2,(H,26,30)(H,27,29). The Balaban J connectivity index is 1.44. The molecule has 0 aliphatic carbocycles. The van der Waals surface area contributed by atoms with Crippen LogP contribution in [0, 0.1) is 0 Å². The molecule has 2 aliphatic rings. The predicted molar refractivity (Wildman–Crippen MR) is 124 cm³/mol. The fraction of sp³-hybridized carbons (Fsp3) is 0.440. The number of amides is 2. The molecule has 1 atom stereocenters. The van der Waals surface area contributed by atoms with Gasteiger partial charge in [-0.3, -0.25) is 9.59 Å². The number of carbonyl (C=O) groups is 2. The van der Waals surface area contributed by atoms with E-state index in [-0.39, 0.29) is 24.5 Å². The molecule has 4 rings (SSSR count). The summed E-state index contributed by atoms with van der Waals surface area (Å²) >= 11 is 0. The molecule has 170 valence electrons. The first-order valence-corrected chi connectivity index (χ1v) is 11.5. The Bertz CT molecular complexity index is 907. The van der Waals surface area contributed by atoms with Gasteiger partial charge in [-0.15, -0.1) is 0 Å². The average Bonchev–Trinajstić information content (AvgIpc) is 3.36. The van der Waals surface area contributed by atoms with Crippen LogP contribution in [0.5, 0.6) is 5.75 Å². The summed E-state index contributed by atoms with van der Waals surface area (Å²) in [5.41, 5.74) is 2.06. The molecule has 7 heteroatoms. The number of hydrogen-bond acceptors (Lipinski definition) is 5. The summed E-state index contributed by atoms with van der Waals surface area (Å²) in [6, 6.07) is 14.7. The van der Waals surface area contributed by atoms with Crippen LogP contribution in [-0.4, -0.2) is 50.8 Å². The van der Waals surface area contributed by atoms with Gasteiger partial charge in [0, 0.05) is 37.6 Å². The lowest BCUT2D eigenvalue weighted by molar-refractivity contribution is -0.118. The van der Waals surface area contributed by atoms with Gasteiger partial charge in [0.2, 0.25) is 0 Å². The average molecular weight is 438 g/mol. The highest BCUT2D eigenvalue weighted by Gasteiger charge is 2.22. The van der Waals surface area contributed by atoms with Gasteiger partial charge in [0.1, 0.15) is 5.75 Å². The van der Waals surface area contributed by atoms with Crippen molar-refractivity contribution in [3.63, 3.8) is 0 Å². The monoisotopic (exact) mass is 437 g/mol. The van der Waals surface area contributed by atoms with Crippen LogP contribution in [0.1, 0.15) is 42.5 Å². The Morgan fingerprint density at radius 3 is 2.59 bits per heavy atom. The molecule has 0 aromatic heterocycles. The van der Waals surface area contributed by atoms with Crippen LogP contribution in [0.4, 0.5) is 11.4 Å². The first-order valence-electron chi connectivity index (χ1n) is 11.5. The van der Waals surface area contributed by atoms with Crippen LogP contribution >= 0.6 is 0 Å². The Hall–Kier alpha value is -3.06. The number of nitrogens with one attached hydrogen (secondary N) is 2. The minimum Gasteiger partial charge on any atom is -0.484 e. The van der Waals surface area contributed by atoms with Gasteiger partial charge in [0.25, 0.3) is 11.8 Å². The summed E-state index contributed by atoms with van der Waals surface area (Å²) in [5, 5.41) is 5.87. The van der Waals surface area contributed by atoms with Gasteiger partial charge < -0.3 is 25.0 Å². The van der Waals surface area contributed by atoms with Crippen molar-refractivity contribution in [2.75, 3.05) is 43.1 Å². The fourth-order valence-corrected chi connectivity index (χ4v) is 4.18. The molecule has 2 N–H and O–H groups in total. The van der Waals surface area contributed by atoms with Gasteiger partial charge in [0.15, 0.2) is 6.61 Å². The largest absolute Gasteiger partial charge is 0.484 e. The smallest absolute Gasteiger partial charge is 0.262 e. The lowest BCUT2D eigenvalue weighted by Crippen LogP contribution is -2.35. The number of nitrogens with zero attached hydrogens (tertiary/aromatic N) is 1. The van der Waals surface area contributed by atoms with Crippen molar-refractivity contribution in [2.24, 2.45) is 0 Å². The molecule has 2 fully saturated rings. The second-order valence-electron chi connectivity index (χ2n) is 8.27. The number of para-hydroxylation sites is 1. The molecule has 2 aromatic carbocycles. The SMILES string of the molecule is O=C(COc1ccccc1)Nc1ccc(N2CCCCC2)c(C(=O)NCC2CCCO2)c1. The normalized spacial score (nSPS) is 18.2. The number of rotatable bonds is 8. The summed E-state index contributed by atoms with van der Waals surface area (Å²) < 4.78 is 11.1. The van der Waals surface area contributed by atoms with E-state index >= 15 is 0 Å². The highest BCUT2D eigenvalue weighted by atomic mass is 16.5. The third-order valence-corrected chi connectivity index (χ3v) is 5.85. The van der Waals surface area contributed by atoms with Crippen molar-refractivity contribution in [3.8, 4) is 5.75 Å². The van der Waals surface area contributed by atoms with Crippen LogP contribution < -0.4 is 20.3 Å². The number of ether oxygens (including phenoxy) is 2. The minimum absolute atomic E-state index is 0.0791. The summed E-state index contributed by atoms with van der Waals surface area (Å²) in [6.45, 7) is 3.02. The van der Waals surface area contributed by atoms with E-state index in [0.717, 1.165) is 51.1 Å². The number of carbonyl (C=O) groups excluding carboxylic acids is 2. The Kier molecular flexibility index (Phi) is 7.61. The van der Waals surface area contributed by atoms with Crippen molar-refractivity contribution in [1.29, 1.82) is 0 Å². The van der Waals surface area contributed by atoms with E-state index in [2.05, 4.69) is 15.5 Å². The second kappa shape index (κ2) is 11.0. The summed E-state index contributed by atoms with van der Waals surface area (Å²) in [4.78, 5) is 27.7. The van der Waals surface area contributed by atoms with Gasteiger partial charge in [0.05, 0.1) is 11.7 Å². The number of benzene rings is 2. The molecular formula is C25H31N3O4. The Labute approximate surface area is 189 Å². The molecule has 2 aliphatic heterocycles. The maximum absolute atomic E-state index is 13.1. The molecule has 0 bridgehead atoms. The van der Waals surface area contributed by atoms with Gasteiger partial charge in [-0.2, -0.15) is 0 Å². The van der Waals surface area contributed by atoms with Crippen molar-refractivity contribution >= 4 is 23.2 Å². The van der Waals surface area contributed by atoms with Crippen LogP contribution in [0.15, 0.2) is 48.5 Å². The van der Waals surface area contributed by atoms with Crippen molar-refractivity contribution in [2.45, 2.75) is 38.2 Å². The molecular weight excluding hydrogens is 406 g/mol. The third-order valence-electron chi connectivity index (χ3n) is 5.85. The third kappa shape index (κ3) is 6.01. The zero-order chi connectivity index (χ0) is 22.2. The molecule has 2 amide bonds. The molecule has 1 unspecified atom stereocenters. The van der Waals surface area contributed by atoms with Gasteiger partial charge in [-0.25, -0.2) is 0 Å². The number of piperidine rings is 1. The second-order valence-corrected chi connectivity index (χ2v) is 8.27. The van der Waals surface area contributed by atoms with E-state index in [1.54, 1.807) is 18.2 Å². The van der Waals surface area contributed by atoms with Crippen molar-refractivity contribution < 1.29 is 19.1 Å². The molecule has 0 saturated carbocycles. The highest BCUT2D eigenvalue weighted by Crippen LogP contribution is 2.27. The van der Waals surface area contributed by atoms with Crippen LogP contribution in [-0.2, 0) is 9.53 Å². The summed E-state index contributed by atoms with van der Waals surface area (Å²) in [7, 11) is 0. The molecule has 2 aromatic rings. The van der Waals surface area contributed by atoms with Gasteiger partial charge in [-0.1, -0.05) is 18.2 Å². The maximum atomic E-state index is 13.1. The fourth-order valence-electron chi connectivity index (χ4n) is 4.18. The topological polar surface area (TPSA) is 79.9 Å². The van der Waals surface area contributed by atoms with E-state index in [9.17, 15) is 9.59 Å². The van der Waals surface area contributed by atoms with Gasteiger partial charge in [-0.05, 0) is 62.4 Å². The van der Waals surface area contributed by atoms with E-state index < -0.39 is 0 Å². The number of anilines is 2. The Morgan fingerprint density at radius 2 is 1.84 bits per heavy atom. The molecule has 32 heavy (non-hydrogen) atoms. The number of hydrogen-bond donors (Lipinski definition) is 2. The van der Waals surface area contributed by atoms with E-state index in [0.29, 0.717) is 23.5 Å². The van der Waals surface area contributed by atoms with Crippen LogP contribution in [0.25, 0.3) is 0 Å². The minimum atomic E-state index is -0.273. The highest BCUT2D eigenvalue weighted by molar-refractivity contribution is 6.02. The zero-order valence-electron chi connectivity index (χ0n) is 18.3. The first kappa shape index (κ1) is 22.1. The predicted octanol–water partition coefficient (Wildman–Crippen LogP) is 3.60. The lowest BCUT2D eigenvalue weighted by Gasteiger charge is -2.30. The lowest BCUT2D eigenvalue weighted by atomic mass is 10.1. The molecule has 0 spiro atoms. The molecule has 2 saturated heterocycles. The first-order chi connectivity index (χ1) is 15.7. The van der Waals surface area contributed by atoms with Crippen molar-refractivity contribution in [3.05, 3.63) is 54.1 Å². The van der Waals surface area contributed by atoms with Crippen LogP contribution in [0.3, 0.4) is 0 Å². The zero-order valence-corrected chi connectivity index (χ0v) is 18.3. The molecule has 0 radical (unpaired) electrons. The van der Waals surface area contributed by atoms with E-state index in [4.69, 9.17) is 9.47 Å². The summed E-state index contributed by atoms with van der Waals surface area (Å²) in [6.07, 6.45) is 5.53. The van der Waals surface area contributed by atoms with Crippen molar-refractivity contribution in [1.82, 2.24) is 5.32 Å². The summed E-state index contributed by atoms with van der Waals surface area (Å²) in [5.74, 6) is 0.222.